The number of hydrogen-bond donors (Lipinski definition) is 2. The van der Waals surface area contributed by atoms with E-state index in [-0.39, 0.29) is 11.1 Å². The van der Waals surface area contributed by atoms with Crippen LogP contribution >= 0.6 is 0 Å². The molecule has 0 fully saturated rings. The molecule has 10 heteroatoms. The second-order valence-electron chi connectivity index (χ2n) is 2.76. The molecule has 0 aliphatic heterocycles. The van der Waals surface area contributed by atoms with Crippen molar-refractivity contribution in [2.75, 3.05) is 0 Å². The second kappa shape index (κ2) is 6.35. The quantitative estimate of drug-likeness (QED) is 0.758. The van der Waals surface area contributed by atoms with E-state index in [1.807, 2.05) is 0 Å². The molecule has 98 valence electrons. The van der Waals surface area contributed by atoms with Crippen LogP contribution in [-0.2, 0) is 31.1 Å². The molecular formula is C8H6O8S2. The first-order valence-corrected chi connectivity index (χ1v) is 6.23. The summed E-state index contributed by atoms with van der Waals surface area (Å²) in [7, 11) is 0. The predicted molar refractivity (Wildman–Crippen MR) is 58.8 cm³/mol. The van der Waals surface area contributed by atoms with Gasteiger partial charge in [0.25, 0.3) is 0 Å². The van der Waals surface area contributed by atoms with Crippen molar-refractivity contribution in [1.29, 1.82) is 0 Å². The molecular weight excluding hydrogens is 288 g/mol. The summed E-state index contributed by atoms with van der Waals surface area (Å²) < 4.78 is 45.2. The molecule has 0 saturated heterocycles. The molecule has 0 amide bonds. The van der Waals surface area contributed by atoms with Gasteiger partial charge in [-0.2, -0.15) is 8.42 Å². The third kappa shape index (κ3) is 4.33. The van der Waals surface area contributed by atoms with Gasteiger partial charge in [0.05, 0.1) is 11.1 Å². The second-order valence-corrected chi connectivity index (χ2v) is 3.96. The lowest BCUT2D eigenvalue weighted by molar-refractivity contribution is 0.0741. The predicted octanol–water partition coefficient (Wildman–Crippen LogP) is 0.274. The molecule has 1 aromatic rings. The van der Waals surface area contributed by atoms with Gasteiger partial charge in [-0.15, -0.1) is 0 Å². The molecule has 0 aliphatic carbocycles. The van der Waals surface area contributed by atoms with Crippen LogP contribution in [-0.4, -0.2) is 29.5 Å². The van der Waals surface area contributed by atoms with Crippen molar-refractivity contribution in [3.8, 4) is 0 Å². The monoisotopic (exact) mass is 294 g/mol. The van der Waals surface area contributed by atoms with E-state index >= 15 is 0 Å². The Labute approximate surface area is 106 Å². The molecule has 0 aliphatic rings. The highest BCUT2D eigenvalue weighted by molar-refractivity contribution is 7.74. The van der Waals surface area contributed by atoms with Gasteiger partial charge in [0, 0.05) is 0 Å². The summed E-state index contributed by atoms with van der Waals surface area (Å²) in [4.78, 5) is 22.4. The van der Waals surface area contributed by atoms with Crippen molar-refractivity contribution in [2.24, 2.45) is 0 Å². The zero-order chi connectivity index (χ0) is 13.7. The number of benzene rings is 1. The van der Waals surface area contributed by atoms with Gasteiger partial charge in [-0.25, -0.2) is 9.59 Å². The maximum atomic E-state index is 11.2. The lowest BCUT2D eigenvalue weighted by Gasteiger charge is -2.02. The minimum atomic E-state index is -2.78. The molecule has 8 nitrogen and oxygen atoms in total. The Bertz CT molecular complexity index is 482. The average molecular weight is 294 g/mol. The number of carbonyl (C=O) groups is 2. The van der Waals surface area contributed by atoms with E-state index in [1.165, 1.54) is 18.2 Å². The summed E-state index contributed by atoms with van der Waals surface area (Å²) in [5.74, 6) is -2.26. The minimum absolute atomic E-state index is 0.185. The van der Waals surface area contributed by atoms with Crippen molar-refractivity contribution in [3.05, 3.63) is 35.4 Å². The van der Waals surface area contributed by atoms with Crippen molar-refractivity contribution in [2.45, 2.75) is 0 Å². The standard InChI is InChI=1S/C8H6O8S2/c9-7(15-17(11)12)5-2-1-3-6(4-5)8(10)16-18(13)14/h1-4H,(H,11,12)(H,13,14). The van der Waals surface area contributed by atoms with E-state index in [0.29, 0.717) is 0 Å². The fraction of sp³-hybridized carbons (Fsp3) is 0. The van der Waals surface area contributed by atoms with Gasteiger partial charge in [0.15, 0.2) is 0 Å². The Morgan fingerprint density at radius 1 is 0.944 bits per heavy atom. The largest absolute Gasteiger partial charge is 0.360 e. The Hall–Kier alpha value is -1.62. The first kappa shape index (κ1) is 14.4. The Morgan fingerprint density at radius 2 is 1.33 bits per heavy atom. The molecule has 18 heavy (non-hydrogen) atoms. The molecule has 0 saturated carbocycles. The normalized spacial score (nSPS) is 13.4. The maximum absolute atomic E-state index is 11.2. The van der Waals surface area contributed by atoms with E-state index in [1.54, 1.807) is 0 Å². The molecule has 2 atom stereocenters. The highest BCUT2D eigenvalue weighted by Crippen LogP contribution is 2.09. The molecule has 1 rings (SSSR count). The highest BCUT2D eigenvalue weighted by Gasteiger charge is 2.15. The van der Waals surface area contributed by atoms with Crippen LogP contribution in [0.3, 0.4) is 0 Å². The number of hydrogen-bond acceptors (Lipinski definition) is 6. The molecule has 0 aromatic heterocycles. The van der Waals surface area contributed by atoms with E-state index in [0.717, 1.165) is 6.07 Å². The Kier molecular flexibility index (Phi) is 5.09. The van der Waals surface area contributed by atoms with Crippen molar-refractivity contribution < 1.29 is 35.5 Å². The molecule has 2 unspecified atom stereocenters. The summed E-state index contributed by atoms with van der Waals surface area (Å²) in [5.41, 5.74) is -0.369. The zero-order valence-electron chi connectivity index (χ0n) is 8.47. The average Bonchev–Trinajstić information content (AvgIpc) is 2.27. The van der Waals surface area contributed by atoms with Crippen LogP contribution in [0.1, 0.15) is 20.7 Å². The lowest BCUT2D eigenvalue weighted by atomic mass is 10.1. The summed E-state index contributed by atoms with van der Waals surface area (Å²) in [5, 5.41) is 0. The maximum Gasteiger partial charge on any atom is 0.360 e. The molecule has 0 radical (unpaired) electrons. The number of rotatable bonds is 4. The van der Waals surface area contributed by atoms with E-state index < -0.39 is 34.7 Å². The van der Waals surface area contributed by atoms with Gasteiger partial charge < -0.3 is 8.37 Å². The zero-order valence-corrected chi connectivity index (χ0v) is 10.1. The van der Waals surface area contributed by atoms with Crippen molar-refractivity contribution in [1.82, 2.24) is 0 Å². The fourth-order valence-corrected chi connectivity index (χ4v) is 1.45. The fourth-order valence-electron chi connectivity index (χ4n) is 0.999. The first-order valence-electron chi connectivity index (χ1n) is 4.17. The molecule has 0 spiro atoms. The topological polar surface area (TPSA) is 127 Å². The third-order valence-corrected chi connectivity index (χ3v) is 2.22. The summed E-state index contributed by atoms with van der Waals surface area (Å²) in [6.07, 6.45) is 0. The van der Waals surface area contributed by atoms with Gasteiger partial charge in [-0.1, -0.05) is 6.07 Å². The SMILES string of the molecule is O=C(OS(=O)O)c1cccc(C(=O)OS(=O)O)c1. The summed E-state index contributed by atoms with van der Waals surface area (Å²) in [6, 6.07) is 4.71. The van der Waals surface area contributed by atoms with E-state index in [2.05, 4.69) is 8.37 Å². The Balaban J connectivity index is 2.92. The van der Waals surface area contributed by atoms with Gasteiger partial charge in [0.2, 0.25) is 0 Å². The third-order valence-electron chi connectivity index (χ3n) is 1.63. The molecule has 1 aromatic carbocycles. The van der Waals surface area contributed by atoms with E-state index in [9.17, 15) is 18.0 Å². The summed E-state index contributed by atoms with van der Waals surface area (Å²) >= 11 is -5.55. The van der Waals surface area contributed by atoms with Crippen LogP contribution in [0.25, 0.3) is 0 Å². The van der Waals surface area contributed by atoms with Crippen LogP contribution in [0, 0.1) is 0 Å². The van der Waals surface area contributed by atoms with Crippen LogP contribution in [0.5, 0.6) is 0 Å². The summed E-state index contributed by atoms with van der Waals surface area (Å²) in [6.45, 7) is 0. The van der Waals surface area contributed by atoms with Gasteiger partial charge in [-0.3, -0.25) is 9.11 Å². The number of carbonyl (C=O) groups excluding carboxylic acids is 2. The van der Waals surface area contributed by atoms with Crippen molar-refractivity contribution in [3.63, 3.8) is 0 Å². The van der Waals surface area contributed by atoms with Gasteiger partial charge in [-0.05, 0) is 18.2 Å². The smallest absolute Gasteiger partial charge is 0.339 e. The van der Waals surface area contributed by atoms with Crippen LogP contribution in [0.2, 0.25) is 0 Å². The lowest BCUT2D eigenvalue weighted by Crippen LogP contribution is -2.10. The Morgan fingerprint density at radius 3 is 1.67 bits per heavy atom. The van der Waals surface area contributed by atoms with Crippen LogP contribution < -0.4 is 0 Å². The van der Waals surface area contributed by atoms with Gasteiger partial charge in [0.1, 0.15) is 0 Å². The molecule has 0 heterocycles. The highest BCUT2D eigenvalue weighted by atomic mass is 32.2. The van der Waals surface area contributed by atoms with Crippen molar-refractivity contribution >= 4 is 34.7 Å². The molecule has 2 N–H and O–H groups in total. The molecule has 0 bridgehead atoms. The van der Waals surface area contributed by atoms with Crippen LogP contribution in [0.15, 0.2) is 24.3 Å². The first-order chi connectivity index (χ1) is 8.40. The van der Waals surface area contributed by atoms with Gasteiger partial charge >= 0.3 is 34.7 Å². The van der Waals surface area contributed by atoms with E-state index in [4.69, 9.17) is 9.11 Å². The minimum Gasteiger partial charge on any atom is -0.339 e. The van der Waals surface area contributed by atoms with Crippen LogP contribution in [0.4, 0.5) is 0 Å².